The molecule has 106 valence electrons. The maximum Gasteiger partial charge on any atom is 0.325 e. The molecule has 0 unspecified atom stereocenters. The van der Waals surface area contributed by atoms with Crippen molar-refractivity contribution in [3.8, 4) is 0 Å². The van der Waals surface area contributed by atoms with E-state index in [2.05, 4.69) is 9.84 Å². The molecule has 0 N–H and O–H groups in total. The monoisotopic (exact) mass is 267 g/mol. The molecular weight excluding hydrogens is 246 g/mol. The number of likely N-dealkylation sites (N-methyl/N-ethyl adjacent to an activating group) is 1. The average Bonchev–Trinajstić information content (AvgIpc) is 2.62. The second kappa shape index (κ2) is 6.36. The fraction of sp³-hybridized carbons (Fsp3) is 0.615. The van der Waals surface area contributed by atoms with Gasteiger partial charge in [0.2, 0.25) is 5.91 Å². The van der Waals surface area contributed by atoms with E-state index in [0.29, 0.717) is 6.54 Å². The maximum atomic E-state index is 12.2. The summed E-state index contributed by atoms with van der Waals surface area (Å²) in [7, 11) is 3.17. The Kier molecular flexibility index (Phi) is 5.09. The molecule has 0 fully saturated rings. The van der Waals surface area contributed by atoms with Gasteiger partial charge in [-0.2, -0.15) is 5.10 Å². The van der Waals surface area contributed by atoms with Gasteiger partial charge in [-0.15, -0.1) is 0 Å². The topological polar surface area (TPSA) is 64.4 Å². The zero-order valence-corrected chi connectivity index (χ0v) is 12.2. The fourth-order valence-electron chi connectivity index (χ4n) is 1.93. The van der Waals surface area contributed by atoms with Gasteiger partial charge in [0.1, 0.15) is 6.54 Å². The number of nitrogens with zero attached hydrogens (tertiary/aromatic N) is 3. The van der Waals surface area contributed by atoms with Gasteiger partial charge in [0.05, 0.1) is 19.2 Å². The minimum absolute atomic E-state index is 0.00973. The molecule has 0 atom stereocenters. The highest BCUT2D eigenvalue weighted by molar-refractivity contribution is 5.83. The van der Waals surface area contributed by atoms with Crippen molar-refractivity contribution in [3.63, 3.8) is 0 Å². The lowest BCUT2D eigenvalue weighted by atomic mass is 10.1. The smallest absolute Gasteiger partial charge is 0.325 e. The quantitative estimate of drug-likeness (QED) is 0.733. The Balaban J connectivity index is 2.79. The predicted molar refractivity (Wildman–Crippen MR) is 70.7 cm³/mol. The first-order valence-corrected chi connectivity index (χ1v) is 6.24. The number of hydrogen-bond donors (Lipinski definition) is 0. The van der Waals surface area contributed by atoms with Crippen LogP contribution in [0, 0.1) is 13.8 Å². The molecule has 0 spiro atoms. The van der Waals surface area contributed by atoms with E-state index in [1.165, 1.54) is 12.0 Å². The van der Waals surface area contributed by atoms with E-state index in [0.717, 1.165) is 17.0 Å². The highest BCUT2D eigenvalue weighted by Gasteiger charge is 2.19. The number of amides is 1. The summed E-state index contributed by atoms with van der Waals surface area (Å²) in [5, 5.41) is 4.28. The number of carbonyl (C=O) groups excluding carboxylic acids is 2. The highest BCUT2D eigenvalue weighted by Crippen LogP contribution is 2.13. The minimum atomic E-state index is -0.408. The van der Waals surface area contributed by atoms with E-state index in [1.54, 1.807) is 4.68 Å². The van der Waals surface area contributed by atoms with Crippen LogP contribution in [-0.4, -0.2) is 46.8 Å². The van der Waals surface area contributed by atoms with Crippen LogP contribution >= 0.6 is 0 Å². The summed E-state index contributed by atoms with van der Waals surface area (Å²) in [4.78, 5) is 24.9. The molecule has 1 aromatic heterocycles. The van der Waals surface area contributed by atoms with Gasteiger partial charge in [0.25, 0.3) is 0 Å². The Hall–Kier alpha value is -1.85. The molecule has 0 aliphatic heterocycles. The van der Waals surface area contributed by atoms with Gasteiger partial charge in [-0.3, -0.25) is 14.3 Å². The number of aromatic nitrogens is 2. The number of aryl methyl sites for hydroxylation is 2. The molecule has 0 aromatic carbocycles. The Morgan fingerprint density at radius 2 is 2.00 bits per heavy atom. The molecule has 0 aliphatic rings. The zero-order valence-electron chi connectivity index (χ0n) is 12.2. The van der Waals surface area contributed by atoms with Gasteiger partial charge in [-0.1, -0.05) is 0 Å². The van der Waals surface area contributed by atoms with Crippen LogP contribution in [0.1, 0.15) is 23.9 Å². The summed E-state index contributed by atoms with van der Waals surface area (Å²) < 4.78 is 6.34. The third-order valence-electron chi connectivity index (χ3n) is 3.27. The maximum absolute atomic E-state index is 12.2. The summed E-state index contributed by atoms with van der Waals surface area (Å²) in [6.45, 7) is 6.12. The summed E-state index contributed by atoms with van der Waals surface area (Å²) in [6.07, 6.45) is 0.260. The number of methoxy groups -OCH3 is 1. The van der Waals surface area contributed by atoms with Crippen LogP contribution in [0.3, 0.4) is 0 Å². The van der Waals surface area contributed by atoms with Crippen molar-refractivity contribution in [2.45, 2.75) is 27.2 Å². The van der Waals surface area contributed by atoms with Crippen molar-refractivity contribution >= 4 is 11.9 Å². The van der Waals surface area contributed by atoms with Crippen molar-refractivity contribution in [2.75, 3.05) is 20.2 Å². The van der Waals surface area contributed by atoms with Crippen LogP contribution in [-0.2, 0) is 27.8 Å². The van der Waals surface area contributed by atoms with Crippen LogP contribution in [0.25, 0.3) is 0 Å². The molecule has 1 amide bonds. The molecule has 6 heteroatoms. The number of hydrogen-bond acceptors (Lipinski definition) is 4. The van der Waals surface area contributed by atoms with E-state index in [9.17, 15) is 9.59 Å². The Bertz CT molecular complexity index is 480. The van der Waals surface area contributed by atoms with Gasteiger partial charge < -0.3 is 9.64 Å². The largest absolute Gasteiger partial charge is 0.468 e. The second-order valence-electron chi connectivity index (χ2n) is 4.43. The Morgan fingerprint density at radius 1 is 1.37 bits per heavy atom. The first kappa shape index (κ1) is 15.2. The van der Waals surface area contributed by atoms with Crippen LogP contribution < -0.4 is 0 Å². The fourth-order valence-corrected chi connectivity index (χ4v) is 1.93. The third-order valence-corrected chi connectivity index (χ3v) is 3.27. The number of rotatable bonds is 5. The van der Waals surface area contributed by atoms with E-state index >= 15 is 0 Å². The van der Waals surface area contributed by atoms with Crippen LogP contribution in [0.5, 0.6) is 0 Å². The molecule has 1 rings (SSSR count). The first-order valence-electron chi connectivity index (χ1n) is 6.24. The van der Waals surface area contributed by atoms with Gasteiger partial charge in [0, 0.05) is 24.8 Å². The van der Waals surface area contributed by atoms with Gasteiger partial charge in [-0.25, -0.2) is 0 Å². The molecule has 1 aromatic rings. The van der Waals surface area contributed by atoms with Crippen molar-refractivity contribution in [1.82, 2.24) is 14.7 Å². The zero-order chi connectivity index (χ0) is 14.6. The average molecular weight is 267 g/mol. The van der Waals surface area contributed by atoms with Crippen molar-refractivity contribution < 1.29 is 14.3 Å². The Labute approximate surface area is 113 Å². The van der Waals surface area contributed by atoms with Gasteiger partial charge >= 0.3 is 5.97 Å². The molecule has 1 heterocycles. The van der Waals surface area contributed by atoms with Crippen LogP contribution in [0.15, 0.2) is 0 Å². The molecule has 0 radical (unpaired) electrons. The van der Waals surface area contributed by atoms with Crippen molar-refractivity contribution in [2.24, 2.45) is 7.05 Å². The van der Waals surface area contributed by atoms with E-state index in [1.807, 2.05) is 27.8 Å². The first-order chi connectivity index (χ1) is 8.90. The summed E-state index contributed by atoms with van der Waals surface area (Å²) in [5.74, 6) is -0.498. The lowest BCUT2D eigenvalue weighted by molar-refractivity contribution is -0.146. The second-order valence-corrected chi connectivity index (χ2v) is 4.43. The molecule has 6 nitrogen and oxygen atoms in total. The lowest BCUT2D eigenvalue weighted by Gasteiger charge is -2.19. The van der Waals surface area contributed by atoms with E-state index in [-0.39, 0.29) is 18.9 Å². The lowest BCUT2D eigenvalue weighted by Crippen LogP contribution is -2.37. The third kappa shape index (κ3) is 3.56. The van der Waals surface area contributed by atoms with Crippen molar-refractivity contribution in [1.29, 1.82) is 0 Å². The van der Waals surface area contributed by atoms with E-state index in [4.69, 9.17) is 0 Å². The standard InChI is InChI=1S/C13H21N3O3/c1-6-16(8-13(18)19-5)12(17)7-11-9(2)14-15(4)10(11)3/h6-8H2,1-5H3. The van der Waals surface area contributed by atoms with Gasteiger partial charge in [-0.05, 0) is 20.8 Å². The summed E-state index contributed by atoms with van der Waals surface area (Å²) in [6, 6.07) is 0. The molecule has 0 bridgehead atoms. The Morgan fingerprint density at radius 3 is 2.42 bits per heavy atom. The van der Waals surface area contributed by atoms with Gasteiger partial charge in [0.15, 0.2) is 0 Å². The molecule has 0 saturated carbocycles. The van der Waals surface area contributed by atoms with Crippen molar-refractivity contribution in [3.05, 3.63) is 17.0 Å². The molecular formula is C13H21N3O3. The number of carbonyl (C=O) groups is 2. The van der Waals surface area contributed by atoms with E-state index < -0.39 is 5.97 Å². The molecule has 0 aliphatic carbocycles. The summed E-state index contributed by atoms with van der Waals surface area (Å²) in [5.41, 5.74) is 2.75. The predicted octanol–water partition coefficient (Wildman–Crippen LogP) is 0.601. The normalized spacial score (nSPS) is 10.4. The van der Waals surface area contributed by atoms with Crippen LogP contribution in [0.2, 0.25) is 0 Å². The highest BCUT2D eigenvalue weighted by atomic mass is 16.5. The molecule has 19 heavy (non-hydrogen) atoms. The summed E-state index contributed by atoms with van der Waals surface area (Å²) >= 11 is 0. The number of esters is 1. The van der Waals surface area contributed by atoms with Crippen LogP contribution in [0.4, 0.5) is 0 Å². The minimum Gasteiger partial charge on any atom is -0.468 e. The molecule has 0 saturated heterocycles. The number of ether oxygens (including phenoxy) is 1. The SMILES string of the molecule is CCN(CC(=O)OC)C(=O)Cc1c(C)nn(C)c1C.